The molecule has 0 aromatic heterocycles. The molecule has 1 aliphatic heterocycles. The Hall–Kier alpha value is -2.82. The Kier molecular flexibility index (Phi) is 7.74. The highest BCUT2D eigenvalue weighted by Crippen LogP contribution is 2.34. The highest BCUT2D eigenvalue weighted by molar-refractivity contribution is 7.90. The number of amides is 2. The average Bonchev–Trinajstić information content (AvgIpc) is 2.77. The number of esters is 1. The van der Waals surface area contributed by atoms with Crippen LogP contribution in [0.1, 0.15) is 27.0 Å². The van der Waals surface area contributed by atoms with Gasteiger partial charge in [0, 0.05) is 25.8 Å². The number of fused-ring (bicyclic) bond motifs is 1. The van der Waals surface area contributed by atoms with Gasteiger partial charge in [0.15, 0.2) is 9.84 Å². The van der Waals surface area contributed by atoms with Crippen molar-refractivity contribution in [3.8, 4) is 0 Å². The van der Waals surface area contributed by atoms with Crippen molar-refractivity contribution in [2.45, 2.75) is 30.3 Å². The van der Waals surface area contributed by atoms with Gasteiger partial charge in [-0.2, -0.15) is 0 Å². The Balaban J connectivity index is 1.89. The molecule has 0 saturated heterocycles. The van der Waals surface area contributed by atoms with Crippen molar-refractivity contribution in [2.75, 3.05) is 19.9 Å². The highest BCUT2D eigenvalue weighted by Gasteiger charge is 2.29. The molecule has 0 bridgehead atoms. The summed E-state index contributed by atoms with van der Waals surface area (Å²) in [5.74, 6) is -1.45. The molecule has 1 aliphatic rings. The Morgan fingerprint density at radius 1 is 1.24 bits per heavy atom. The molecule has 12 heteroatoms. The van der Waals surface area contributed by atoms with E-state index in [1.807, 2.05) is 0 Å². The number of carbonyl (C=O) groups is 3. The molecule has 2 N–H and O–H groups in total. The van der Waals surface area contributed by atoms with Crippen LogP contribution in [0.4, 0.5) is 4.79 Å². The van der Waals surface area contributed by atoms with E-state index in [4.69, 9.17) is 27.9 Å². The summed E-state index contributed by atoms with van der Waals surface area (Å²) in [5, 5.41) is 11.9. The summed E-state index contributed by atoms with van der Waals surface area (Å²) in [6, 6.07) is 6.38. The summed E-state index contributed by atoms with van der Waals surface area (Å²) in [7, 11) is -2.29. The molecule has 0 radical (unpaired) electrons. The fraction of sp³-hybridized carbons (Fsp3) is 0.318. The lowest BCUT2D eigenvalue weighted by atomic mass is 9.96. The highest BCUT2D eigenvalue weighted by atomic mass is 35.5. The number of carboxylic acid groups (broad SMARTS) is 1. The third kappa shape index (κ3) is 5.63. The Morgan fingerprint density at radius 3 is 2.56 bits per heavy atom. The van der Waals surface area contributed by atoms with Crippen molar-refractivity contribution >= 4 is 51.0 Å². The molecular formula is C22H22Cl2N2O7S. The minimum Gasteiger partial charge on any atom is -0.467 e. The molecule has 1 unspecified atom stereocenters. The largest absolute Gasteiger partial charge is 0.467 e. The first-order chi connectivity index (χ1) is 15.9. The molecular weight excluding hydrogens is 507 g/mol. The average molecular weight is 529 g/mol. The van der Waals surface area contributed by atoms with Gasteiger partial charge in [-0.1, -0.05) is 35.3 Å². The van der Waals surface area contributed by atoms with E-state index in [2.05, 4.69) is 5.32 Å². The summed E-state index contributed by atoms with van der Waals surface area (Å²) in [6.45, 7) is 0.305. The van der Waals surface area contributed by atoms with Crippen LogP contribution in [0.3, 0.4) is 0 Å². The van der Waals surface area contributed by atoms with Crippen LogP contribution in [-0.4, -0.2) is 62.3 Å². The van der Waals surface area contributed by atoms with Gasteiger partial charge in [0.1, 0.15) is 6.04 Å². The fourth-order valence-electron chi connectivity index (χ4n) is 3.73. The molecule has 2 amide bonds. The quantitative estimate of drug-likeness (QED) is 0.551. The van der Waals surface area contributed by atoms with Crippen molar-refractivity contribution in [1.29, 1.82) is 0 Å². The van der Waals surface area contributed by atoms with Crippen molar-refractivity contribution in [2.24, 2.45) is 0 Å². The summed E-state index contributed by atoms with van der Waals surface area (Å²) in [4.78, 5) is 38.1. The molecule has 2 aromatic rings. The first-order valence-electron chi connectivity index (χ1n) is 10.1. The lowest BCUT2D eigenvalue weighted by molar-refractivity contribution is -0.142. The molecule has 1 heterocycles. The van der Waals surface area contributed by atoms with Gasteiger partial charge < -0.3 is 20.1 Å². The molecule has 0 fully saturated rings. The zero-order chi connectivity index (χ0) is 25.2. The van der Waals surface area contributed by atoms with Crippen molar-refractivity contribution in [3.63, 3.8) is 0 Å². The zero-order valence-electron chi connectivity index (χ0n) is 18.3. The second kappa shape index (κ2) is 10.2. The number of nitrogens with zero attached hydrogens (tertiary/aromatic N) is 1. The number of halogens is 2. The van der Waals surface area contributed by atoms with Gasteiger partial charge in [0.2, 0.25) is 0 Å². The zero-order valence-corrected chi connectivity index (χ0v) is 20.6. The van der Waals surface area contributed by atoms with E-state index < -0.39 is 33.8 Å². The van der Waals surface area contributed by atoms with Crippen LogP contribution >= 0.6 is 23.2 Å². The number of ether oxygens (including phenoxy) is 1. The maximum atomic E-state index is 13.1. The van der Waals surface area contributed by atoms with E-state index in [-0.39, 0.29) is 40.0 Å². The minimum atomic E-state index is -3.46. The second-order valence-electron chi connectivity index (χ2n) is 7.81. The number of methoxy groups -OCH3 is 1. The van der Waals surface area contributed by atoms with Gasteiger partial charge in [0.25, 0.3) is 5.91 Å². The molecule has 34 heavy (non-hydrogen) atoms. The normalized spacial score (nSPS) is 14.2. The third-order valence-electron chi connectivity index (χ3n) is 5.46. The summed E-state index contributed by atoms with van der Waals surface area (Å²) >= 11 is 12.8. The van der Waals surface area contributed by atoms with Crippen molar-refractivity contribution < 1.29 is 32.6 Å². The Morgan fingerprint density at radius 2 is 1.94 bits per heavy atom. The number of nitrogens with one attached hydrogen (secondary N) is 1. The number of sulfone groups is 1. The van der Waals surface area contributed by atoms with Crippen LogP contribution < -0.4 is 5.32 Å². The molecule has 182 valence electrons. The van der Waals surface area contributed by atoms with E-state index in [0.717, 1.165) is 6.26 Å². The van der Waals surface area contributed by atoms with E-state index in [1.54, 1.807) is 12.1 Å². The summed E-state index contributed by atoms with van der Waals surface area (Å²) < 4.78 is 28.5. The van der Waals surface area contributed by atoms with Gasteiger partial charge in [-0.05, 0) is 41.3 Å². The van der Waals surface area contributed by atoms with Crippen LogP contribution in [0.5, 0.6) is 0 Å². The minimum absolute atomic E-state index is 0.0104. The first kappa shape index (κ1) is 25.8. The first-order valence-corrected chi connectivity index (χ1v) is 12.7. The molecule has 0 aliphatic carbocycles. The summed E-state index contributed by atoms with van der Waals surface area (Å²) in [6.07, 6.45) is 0.272. The molecule has 9 nitrogen and oxygen atoms in total. The van der Waals surface area contributed by atoms with Crippen LogP contribution in [0.25, 0.3) is 0 Å². The van der Waals surface area contributed by atoms with Crippen molar-refractivity contribution in [1.82, 2.24) is 10.2 Å². The standard InChI is InChI=1S/C22H22Cl2N2O7S/c1-33-21(28)17(9-12-4-3-5-14(8-12)34(2,31)32)25-20(27)18-16(23)10-13-11-26(22(29)30)7-6-15(13)19(18)24/h3-5,8,10,17H,6-7,9,11H2,1-2H3,(H,25,27)(H,29,30). The monoisotopic (exact) mass is 528 g/mol. The van der Waals surface area contributed by atoms with Crippen LogP contribution in [0.15, 0.2) is 35.2 Å². The molecule has 0 spiro atoms. The van der Waals surface area contributed by atoms with Gasteiger partial charge in [-0.3, -0.25) is 4.79 Å². The lowest BCUT2D eigenvalue weighted by Gasteiger charge is -2.28. The predicted octanol–water partition coefficient (Wildman–Crippen LogP) is 2.95. The second-order valence-corrected chi connectivity index (χ2v) is 10.6. The van der Waals surface area contributed by atoms with E-state index in [0.29, 0.717) is 23.1 Å². The number of benzene rings is 2. The fourth-order valence-corrected chi connectivity index (χ4v) is 5.18. The number of hydrogen-bond donors (Lipinski definition) is 2. The lowest BCUT2D eigenvalue weighted by Crippen LogP contribution is -2.43. The molecule has 3 rings (SSSR count). The van der Waals surface area contributed by atoms with Crippen LogP contribution in [0.2, 0.25) is 10.0 Å². The molecule has 0 saturated carbocycles. The SMILES string of the molecule is COC(=O)C(Cc1cccc(S(C)(=O)=O)c1)NC(=O)c1c(Cl)cc2c(c1Cl)CCN(C(=O)O)C2. The van der Waals surface area contributed by atoms with E-state index in [9.17, 15) is 27.9 Å². The number of carbonyl (C=O) groups excluding carboxylic acids is 2. The smallest absolute Gasteiger partial charge is 0.407 e. The van der Waals surface area contributed by atoms with Gasteiger partial charge in [-0.15, -0.1) is 0 Å². The Labute approximate surface area is 206 Å². The number of rotatable bonds is 6. The molecule has 1 atom stereocenters. The van der Waals surface area contributed by atoms with E-state index >= 15 is 0 Å². The Bertz CT molecular complexity index is 1260. The molecule has 2 aromatic carbocycles. The maximum absolute atomic E-state index is 13.1. The number of hydrogen-bond acceptors (Lipinski definition) is 6. The van der Waals surface area contributed by atoms with Crippen LogP contribution in [0, 0.1) is 0 Å². The van der Waals surface area contributed by atoms with Gasteiger partial charge in [-0.25, -0.2) is 18.0 Å². The third-order valence-corrected chi connectivity index (χ3v) is 7.29. The van der Waals surface area contributed by atoms with Gasteiger partial charge >= 0.3 is 12.1 Å². The van der Waals surface area contributed by atoms with Gasteiger partial charge in [0.05, 0.1) is 27.6 Å². The van der Waals surface area contributed by atoms with Crippen LogP contribution in [-0.2, 0) is 38.8 Å². The predicted molar refractivity (Wildman–Crippen MR) is 125 cm³/mol. The maximum Gasteiger partial charge on any atom is 0.407 e. The van der Waals surface area contributed by atoms with E-state index in [1.165, 1.54) is 30.2 Å². The topological polar surface area (TPSA) is 130 Å². The van der Waals surface area contributed by atoms with Crippen molar-refractivity contribution in [3.05, 3.63) is 62.6 Å². The summed E-state index contributed by atoms with van der Waals surface area (Å²) in [5.41, 5.74) is 1.67.